The summed E-state index contributed by atoms with van der Waals surface area (Å²) in [5.41, 5.74) is 3.57. The number of hydrogen-bond acceptors (Lipinski definition) is 7. The summed E-state index contributed by atoms with van der Waals surface area (Å²) < 4.78 is 39.8. The molecule has 1 saturated heterocycles. The minimum atomic E-state index is -0.820. The van der Waals surface area contributed by atoms with Gasteiger partial charge in [0.15, 0.2) is 6.23 Å². The first-order chi connectivity index (χ1) is 22.2. The lowest BCUT2D eigenvalue weighted by Crippen LogP contribution is -2.59. The largest absolute Gasteiger partial charge is 0.374 e. The molecule has 0 unspecified atom stereocenters. The normalized spacial score (nSPS) is 21.5. The first-order valence-corrected chi connectivity index (χ1v) is 15.1. The predicted octanol–water partition coefficient (Wildman–Crippen LogP) is 6.31. The van der Waals surface area contributed by atoms with Gasteiger partial charge in [-0.05, 0) is 22.3 Å². The zero-order valence-electron chi connectivity index (χ0n) is 24.9. The summed E-state index contributed by atoms with van der Waals surface area (Å²) in [6.45, 7) is 1.57. The van der Waals surface area contributed by atoms with Gasteiger partial charge in [0.1, 0.15) is 24.4 Å². The first-order valence-electron chi connectivity index (χ1n) is 15.1. The van der Waals surface area contributed by atoms with Crippen LogP contribution in [0.4, 0.5) is 0 Å². The van der Waals surface area contributed by atoms with Gasteiger partial charge in [0.2, 0.25) is 0 Å². The molecule has 2 heterocycles. The standard InChI is InChI=1S/C37H37NO7/c39-33-21-22-38(45-33)37-36(43-26-31-19-11-4-12-20-31)35(42-25-30-17-9-3-10-18-30)34(41-24-29-15-7-2-8-16-29)32(44-37)27-40-23-28-13-5-1-6-14-28/h1-22,32,34-37H,23-27H2/t32-,34-,35+,36-,37+/m1/s1. The van der Waals surface area contributed by atoms with Crippen LogP contribution in [0.3, 0.4) is 0 Å². The van der Waals surface area contributed by atoms with Crippen molar-refractivity contribution in [2.24, 2.45) is 0 Å². The van der Waals surface area contributed by atoms with Crippen molar-refractivity contribution in [3.05, 3.63) is 166 Å². The molecule has 1 aliphatic rings. The third kappa shape index (κ3) is 8.45. The smallest absolute Gasteiger partial charge is 0.357 e. The fourth-order valence-corrected chi connectivity index (χ4v) is 5.41. The second-order valence-electron chi connectivity index (χ2n) is 10.9. The van der Waals surface area contributed by atoms with E-state index in [2.05, 4.69) is 0 Å². The maximum absolute atomic E-state index is 12.2. The second-order valence-corrected chi connectivity index (χ2v) is 10.9. The lowest BCUT2D eigenvalue weighted by atomic mass is 9.97. The number of rotatable bonds is 14. The number of nitrogens with zero attached hydrogens (tertiary/aromatic N) is 1. The third-order valence-corrected chi connectivity index (χ3v) is 7.66. The number of aromatic nitrogens is 1. The van der Waals surface area contributed by atoms with Gasteiger partial charge in [-0.2, -0.15) is 4.74 Å². The van der Waals surface area contributed by atoms with Crippen LogP contribution in [0.2, 0.25) is 0 Å². The van der Waals surface area contributed by atoms with E-state index in [1.807, 2.05) is 121 Å². The van der Waals surface area contributed by atoms with Crippen LogP contribution in [-0.4, -0.2) is 35.8 Å². The van der Waals surface area contributed by atoms with Crippen LogP contribution in [0.15, 0.2) is 143 Å². The summed E-state index contributed by atoms with van der Waals surface area (Å²) in [6, 6.07) is 41.1. The molecular weight excluding hydrogens is 570 g/mol. The van der Waals surface area contributed by atoms with Crippen molar-refractivity contribution >= 4 is 0 Å². The molecule has 0 saturated carbocycles. The summed E-state index contributed by atoms with van der Waals surface area (Å²) in [6.07, 6.45) is -1.73. The monoisotopic (exact) mass is 607 g/mol. The summed E-state index contributed by atoms with van der Waals surface area (Å²) in [5, 5.41) is 0. The van der Waals surface area contributed by atoms with Gasteiger partial charge in [0, 0.05) is 12.3 Å². The maximum atomic E-state index is 12.2. The summed E-state index contributed by atoms with van der Waals surface area (Å²) in [7, 11) is 0. The Labute approximate surface area is 262 Å². The lowest BCUT2D eigenvalue weighted by Gasteiger charge is -2.45. The third-order valence-electron chi connectivity index (χ3n) is 7.66. The molecule has 8 nitrogen and oxygen atoms in total. The van der Waals surface area contributed by atoms with Gasteiger partial charge in [0.25, 0.3) is 0 Å². The highest BCUT2D eigenvalue weighted by molar-refractivity contribution is 5.16. The van der Waals surface area contributed by atoms with E-state index in [9.17, 15) is 4.79 Å². The van der Waals surface area contributed by atoms with E-state index in [-0.39, 0.29) is 6.61 Å². The van der Waals surface area contributed by atoms with Crippen molar-refractivity contribution < 1.29 is 28.2 Å². The van der Waals surface area contributed by atoms with E-state index in [1.165, 1.54) is 10.8 Å². The van der Waals surface area contributed by atoms with Crippen LogP contribution < -0.4 is 5.63 Å². The molecule has 0 N–H and O–H groups in total. The molecule has 8 heteroatoms. The molecule has 0 aliphatic carbocycles. The first kappa shape index (κ1) is 30.7. The van der Waals surface area contributed by atoms with E-state index in [1.54, 1.807) is 6.20 Å². The fourth-order valence-electron chi connectivity index (χ4n) is 5.41. The van der Waals surface area contributed by atoms with Crippen LogP contribution in [0.5, 0.6) is 0 Å². The molecule has 232 valence electrons. The molecule has 0 spiro atoms. The Bertz CT molecular complexity index is 1610. The molecular formula is C37H37NO7. The predicted molar refractivity (Wildman–Crippen MR) is 168 cm³/mol. The highest BCUT2D eigenvalue weighted by Gasteiger charge is 2.50. The molecule has 5 atom stereocenters. The molecule has 5 aromatic rings. The van der Waals surface area contributed by atoms with Crippen molar-refractivity contribution in [2.45, 2.75) is 57.1 Å². The molecule has 0 amide bonds. The Morgan fingerprint density at radius 3 is 1.44 bits per heavy atom. The van der Waals surface area contributed by atoms with Crippen molar-refractivity contribution in [1.29, 1.82) is 0 Å². The number of hydrogen-bond donors (Lipinski definition) is 0. The van der Waals surface area contributed by atoms with Crippen molar-refractivity contribution in [3.8, 4) is 0 Å². The Morgan fingerprint density at radius 1 is 0.533 bits per heavy atom. The molecule has 1 aromatic heterocycles. The van der Waals surface area contributed by atoms with E-state index in [4.69, 9.17) is 28.2 Å². The highest BCUT2D eigenvalue weighted by atomic mass is 16.7. The van der Waals surface area contributed by atoms with Crippen LogP contribution in [0.25, 0.3) is 0 Å². The topological polar surface area (TPSA) is 81.3 Å². The highest BCUT2D eigenvalue weighted by Crippen LogP contribution is 2.35. The zero-order chi connectivity index (χ0) is 30.7. The summed E-state index contributed by atoms with van der Waals surface area (Å²) in [4.78, 5) is 12.2. The van der Waals surface area contributed by atoms with Crippen LogP contribution in [0, 0.1) is 0 Å². The minimum absolute atomic E-state index is 0.215. The van der Waals surface area contributed by atoms with Crippen molar-refractivity contribution in [3.63, 3.8) is 0 Å². The Balaban J connectivity index is 1.32. The van der Waals surface area contributed by atoms with Crippen LogP contribution >= 0.6 is 0 Å². The second kappa shape index (κ2) is 15.6. The molecule has 1 fully saturated rings. The van der Waals surface area contributed by atoms with Crippen molar-refractivity contribution in [2.75, 3.05) is 6.61 Å². The van der Waals surface area contributed by atoms with Gasteiger partial charge in [0.05, 0.1) is 33.0 Å². The molecule has 0 bridgehead atoms. The van der Waals surface area contributed by atoms with Crippen LogP contribution in [0.1, 0.15) is 28.5 Å². The molecule has 4 aromatic carbocycles. The molecule has 45 heavy (non-hydrogen) atoms. The van der Waals surface area contributed by atoms with E-state index in [0.717, 1.165) is 22.3 Å². The quantitative estimate of drug-likeness (QED) is 0.146. The molecule has 1 aliphatic heterocycles. The zero-order valence-corrected chi connectivity index (χ0v) is 24.9. The Hall–Kier alpha value is -4.31. The molecule has 6 rings (SSSR count). The van der Waals surface area contributed by atoms with E-state index in [0.29, 0.717) is 26.4 Å². The van der Waals surface area contributed by atoms with E-state index >= 15 is 0 Å². The van der Waals surface area contributed by atoms with Gasteiger partial charge in [-0.3, -0.25) is 0 Å². The summed E-state index contributed by atoms with van der Waals surface area (Å²) in [5.74, 6) is 0. The Morgan fingerprint density at radius 2 is 0.978 bits per heavy atom. The van der Waals surface area contributed by atoms with Crippen LogP contribution in [-0.2, 0) is 50.1 Å². The van der Waals surface area contributed by atoms with Gasteiger partial charge >= 0.3 is 5.63 Å². The van der Waals surface area contributed by atoms with Gasteiger partial charge < -0.3 is 28.2 Å². The van der Waals surface area contributed by atoms with Gasteiger partial charge in [-0.1, -0.05) is 121 Å². The van der Waals surface area contributed by atoms with E-state index < -0.39 is 36.3 Å². The fraction of sp³-hybridized carbons (Fsp3) is 0.270. The number of benzene rings is 4. The Kier molecular flexibility index (Phi) is 10.7. The van der Waals surface area contributed by atoms with Crippen molar-refractivity contribution in [1.82, 2.24) is 4.74 Å². The maximum Gasteiger partial charge on any atom is 0.357 e. The van der Waals surface area contributed by atoms with Gasteiger partial charge in [-0.15, -0.1) is 0 Å². The average molecular weight is 608 g/mol. The van der Waals surface area contributed by atoms with Gasteiger partial charge in [-0.25, -0.2) is 4.79 Å². The summed E-state index contributed by atoms with van der Waals surface area (Å²) >= 11 is 0. The SMILES string of the molecule is O=c1ccn([C@H]2O[C@H](COCc3ccccc3)[C@@H](OCc3ccccc3)[C@H](OCc3ccccc3)[C@H]2OCc2ccccc2)o1. The minimum Gasteiger partial charge on any atom is -0.374 e. The number of ether oxygens (including phenoxy) is 5. The molecule has 0 radical (unpaired) electrons. The average Bonchev–Trinajstić information content (AvgIpc) is 3.53. The lowest BCUT2D eigenvalue weighted by molar-refractivity contribution is -0.299.